The van der Waals surface area contributed by atoms with E-state index in [0.29, 0.717) is 17.1 Å². The maximum Gasteiger partial charge on any atom is 0.228 e. The van der Waals surface area contributed by atoms with Gasteiger partial charge in [-0.05, 0) is 25.0 Å². The topological polar surface area (TPSA) is 44.1 Å². The zero-order valence-electron chi connectivity index (χ0n) is 10.8. The van der Waals surface area contributed by atoms with Gasteiger partial charge in [-0.2, -0.15) is 5.10 Å². The van der Waals surface area contributed by atoms with Crippen LogP contribution in [0.4, 0.5) is 0 Å². The molecule has 18 heavy (non-hydrogen) atoms. The predicted octanol–water partition coefficient (Wildman–Crippen LogP) is 2.90. The summed E-state index contributed by atoms with van der Waals surface area (Å²) in [4.78, 5) is 11.1. The molecule has 0 radical (unpaired) electrons. The first-order chi connectivity index (χ1) is 8.67. The second-order valence-corrected chi connectivity index (χ2v) is 4.11. The van der Waals surface area contributed by atoms with Gasteiger partial charge in [0.1, 0.15) is 5.75 Å². The van der Waals surface area contributed by atoms with Crippen molar-refractivity contribution in [3.05, 3.63) is 41.1 Å². The minimum Gasteiger partial charge on any atom is -0.438 e. The molecule has 2 aromatic rings. The minimum atomic E-state index is 0.489. The van der Waals surface area contributed by atoms with E-state index in [9.17, 15) is 4.79 Å². The number of rotatable bonds is 4. The SMILES string of the molecule is CCc1ccccc1Oc1c(C=O)c(C)nn1C. The summed E-state index contributed by atoms with van der Waals surface area (Å²) < 4.78 is 7.43. The molecule has 4 heteroatoms. The number of para-hydroxylation sites is 1. The number of nitrogens with zero attached hydrogens (tertiary/aromatic N) is 2. The molecule has 0 saturated heterocycles. The van der Waals surface area contributed by atoms with Crippen LogP contribution in [-0.4, -0.2) is 16.1 Å². The first-order valence-corrected chi connectivity index (χ1v) is 5.92. The van der Waals surface area contributed by atoms with Crippen LogP contribution in [0.5, 0.6) is 11.6 Å². The molecule has 1 aromatic heterocycles. The van der Waals surface area contributed by atoms with Crippen molar-refractivity contribution in [2.45, 2.75) is 20.3 Å². The first kappa shape index (κ1) is 12.4. The number of aromatic nitrogens is 2. The van der Waals surface area contributed by atoms with Gasteiger partial charge in [0, 0.05) is 7.05 Å². The van der Waals surface area contributed by atoms with Crippen LogP contribution in [-0.2, 0) is 13.5 Å². The van der Waals surface area contributed by atoms with Crippen LogP contribution in [0.15, 0.2) is 24.3 Å². The van der Waals surface area contributed by atoms with Gasteiger partial charge in [0.25, 0.3) is 0 Å². The lowest BCUT2D eigenvalue weighted by atomic mass is 10.1. The zero-order chi connectivity index (χ0) is 13.1. The van der Waals surface area contributed by atoms with E-state index in [-0.39, 0.29) is 0 Å². The molecular weight excluding hydrogens is 228 g/mol. The van der Waals surface area contributed by atoms with Crippen LogP contribution in [0.25, 0.3) is 0 Å². The highest BCUT2D eigenvalue weighted by Gasteiger charge is 2.15. The summed E-state index contributed by atoms with van der Waals surface area (Å²) in [6.07, 6.45) is 1.66. The van der Waals surface area contributed by atoms with E-state index < -0.39 is 0 Å². The Balaban J connectivity index is 2.42. The van der Waals surface area contributed by atoms with E-state index in [2.05, 4.69) is 12.0 Å². The van der Waals surface area contributed by atoms with Crippen LogP contribution in [0.3, 0.4) is 0 Å². The number of aldehydes is 1. The molecule has 4 nitrogen and oxygen atoms in total. The van der Waals surface area contributed by atoms with Gasteiger partial charge in [-0.25, -0.2) is 4.68 Å². The average molecular weight is 244 g/mol. The van der Waals surface area contributed by atoms with Crippen molar-refractivity contribution >= 4 is 6.29 Å². The Labute approximate surface area is 106 Å². The number of benzene rings is 1. The molecule has 0 atom stereocenters. The fourth-order valence-corrected chi connectivity index (χ4v) is 1.91. The van der Waals surface area contributed by atoms with Crippen molar-refractivity contribution < 1.29 is 9.53 Å². The molecule has 0 spiro atoms. The van der Waals surface area contributed by atoms with Gasteiger partial charge in [-0.1, -0.05) is 25.1 Å². The Morgan fingerprint density at radius 3 is 2.78 bits per heavy atom. The van der Waals surface area contributed by atoms with Crippen LogP contribution >= 0.6 is 0 Å². The summed E-state index contributed by atoms with van der Waals surface area (Å²) in [6, 6.07) is 7.80. The summed E-state index contributed by atoms with van der Waals surface area (Å²) in [5.41, 5.74) is 2.29. The smallest absolute Gasteiger partial charge is 0.228 e. The molecular formula is C14H16N2O2. The number of hydrogen-bond donors (Lipinski definition) is 0. The molecule has 0 unspecified atom stereocenters. The summed E-state index contributed by atoms with van der Waals surface area (Å²) in [5.74, 6) is 1.26. The van der Waals surface area contributed by atoms with Crippen LogP contribution in [0, 0.1) is 6.92 Å². The molecule has 0 N–H and O–H groups in total. The molecule has 1 aromatic carbocycles. The average Bonchev–Trinajstić information content (AvgIpc) is 2.64. The number of carbonyl (C=O) groups is 1. The quantitative estimate of drug-likeness (QED) is 0.777. The van der Waals surface area contributed by atoms with Gasteiger partial charge in [-0.3, -0.25) is 4.79 Å². The van der Waals surface area contributed by atoms with Crippen molar-refractivity contribution in [3.63, 3.8) is 0 Å². The fourth-order valence-electron chi connectivity index (χ4n) is 1.91. The van der Waals surface area contributed by atoms with Crippen LogP contribution < -0.4 is 4.74 Å². The zero-order valence-corrected chi connectivity index (χ0v) is 10.8. The van der Waals surface area contributed by atoms with Crippen molar-refractivity contribution in [1.29, 1.82) is 0 Å². The standard InChI is InChI=1S/C14H16N2O2/c1-4-11-7-5-6-8-13(11)18-14-12(9-17)10(2)15-16(14)3/h5-9H,4H2,1-3H3. The van der Waals surface area contributed by atoms with Crippen molar-refractivity contribution in [2.75, 3.05) is 0 Å². The molecule has 0 aliphatic rings. The molecule has 0 saturated carbocycles. The predicted molar refractivity (Wildman–Crippen MR) is 69.2 cm³/mol. The number of aryl methyl sites for hydroxylation is 3. The molecule has 0 fully saturated rings. The lowest BCUT2D eigenvalue weighted by Crippen LogP contribution is -1.98. The van der Waals surface area contributed by atoms with Gasteiger partial charge in [0.15, 0.2) is 6.29 Å². The van der Waals surface area contributed by atoms with Crippen molar-refractivity contribution in [3.8, 4) is 11.6 Å². The van der Waals surface area contributed by atoms with Gasteiger partial charge in [0.05, 0.1) is 11.3 Å². The number of ether oxygens (including phenoxy) is 1. The van der Waals surface area contributed by atoms with E-state index in [1.54, 1.807) is 18.7 Å². The van der Waals surface area contributed by atoms with Gasteiger partial charge in [0.2, 0.25) is 5.88 Å². The highest BCUT2D eigenvalue weighted by atomic mass is 16.5. The number of hydrogen-bond acceptors (Lipinski definition) is 3. The molecule has 0 aliphatic heterocycles. The molecule has 2 rings (SSSR count). The Bertz CT molecular complexity index is 573. The third-order valence-electron chi connectivity index (χ3n) is 2.89. The van der Waals surface area contributed by atoms with Crippen LogP contribution in [0.2, 0.25) is 0 Å². The lowest BCUT2D eigenvalue weighted by molar-refractivity contribution is 0.112. The Morgan fingerprint density at radius 2 is 2.11 bits per heavy atom. The lowest BCUT2D eigenvalue weighted by Gasteiger charge is -2.10. The van der Waals surface area contributed by atoms with Gasteiger partial charge in [-0.15, -0.1) is 0 Å². The van der Waals surface area contributed by atoms with E-state index in [1.165, 1.54) is 0 Å². The maximum atomic E-state index is 11.1. The monoisotopic (exact) mass is 244 g/mol. The van der Waals surface area contributed by atoms with Crippen molar-refractivity contribution in [2.24, 2.45) is 7.05 Å². The maximum absolute atomic E-state index is 11.1. The highest BCUT2D eigenvalue weighted by molar-refractivity contribution is 5.80. The van der Waals surface area contributed by atoms with E-state index in [0.717, 1.165) is 24.0 Å². The molecule has 0 amide bonds. The third-order valence-corrected chi connectivity index (χ3v) is 2.89. The van der Waals surface area contributed by atoms with Crippen LogP contribution in [0.1, 0.15) is 28.5 Å². The second-order valence-electron chi connectivity index (χ2n) is 4.11. The van der Waals surface area contributed by atoms with E-state index >= 15 is 0 Å². The van der Waals surface area contributed by atoms with Gasteiger partial charge >= 0.3 is 0 Å². The normalized spacial score (nSPS) is 10.4. The summed E-state index contributed by atoms with van der Waals surface area (Å²) in [7, 11) is 1.77. The third kappa shape index (κ3) is 2.14. The van der Waals surface area contributed by atoms with Crippen molar-refractivity contribution in [1.82, 2.24) is 9.78 Å². The minimum absolute atomic E-state index is 0.489. The summed E-state index contributed by atoms with van der Waals surface area (Å²) >= 11 is 0. The molecule has 1 heterocycles. The summed E-state index contributed by atoms with van der Waals surface area (Å²) in [5, 5.41) is 4.19. The van der Waals surface area contributed by atoms with Gasteiger partial charge < -0.3 is 4.74 Å². The van der Waals surface area contributed by atoms with E-state index in [4.69, 9.17) is 4.74 Å². The fraction of sp³-hybridized carbons (Fsp3) is 0.286. The number of carbonyl (C=O) groups excluding carboxylic acids is 1. The van der Waals surface area contributed by atoms with E-state index in [1.807, 2.05) is 24.3 Å². The Morgan fingerprint density at radius 1 is 1.39 bits per heavy atom. The largest absolute Gasteiger partial charge is 0.438 e. The highest BCUT2D eigenvalue weighted by Crippen LogP contribution is 2.28. The second kappa shape index (κ2) is 5.04. The molecule has 0 bridgehead atoms. The summed E-state index contributed by atoms with van der Waals surface area (Å²) in [6.45, 7) is 3.86. The molecule has 94 valence electrons. The Hall–Kier alpha value is -2.10. The Kier molecular flexibility index (Phi) is 3.46. The first-order valence-electron chi connectivity index (χ1n) is 5.92. The molecule has 0 aliphatic carbocycles.